The van der Waals surface area contributed by atoms with Crippen LogP contribution in [0.3, 0.4) is 0 Å². The van der Waals surface area contributed by atoms with E-state index in [0.29, 0.717) is 11.7 Å². The molecule has 0 aromatic rings. The SMILES string of the molecule is CC(C)=C[C@@H]1CCC(=O)C1. The van der Waals surface area contributed by atoms with Crippen molar-refractivity contribution in [2.75, 3.05) is 0 Å². The first-order valence-corrected chi connectivity index (χ1v) is 3.85. The molecule has 10 heavy (non-hydrogen) atoms. The minimum Gasteiger partial charge on any atom is -0.300 e. The zero-order chi connectivity index (χ0) is 7.56. The van der Waals surface area contributed by atoms with E-state index in [9.17, 15) is 4.79 Å². The second-order valence-electron chi connectivity index (χ2n) is 3.29. The van der Waals surface area contributed by atoms with Crippen LogP contribution in [0.1, 0.15) is 33.1 Å². The highest BCUT2D eigenvalue weighted by Gasteiger charge is 2.19. The fraction of sp³-hybridized carbons (Fsp3) is 0.667. The molecule has 0 radical (unpaired) electrons. The molecule has 1 saturated carbocycles. The van der Waals surface area contributed by atoms with Crippen molar-refractivity contribution in [1.29, 1.82) is 0 Å². The first kappa shape index (κ1) is 7.52. The summed E-state index contributed by atoms with van der Waals surface area (Å²) in [6.07, 6.45) is 4.87. The number of allylic oxidation sites excluding steroid dienone is 2. The topological polar surface area (TPSA) is 17.1 Å². The first-order chi connectivity index (χ1) is 4.68. The number of rotatable bonds is 1. The van der Waals surface area contributed by atoms with Crippen LogP contribution in [0.25, 0.3) is 0 Å². The van der Waals surface area contributed by atoms with Gasteiger partial charge in [0.25, 0.3) is 0 Å². The lowest BCUT2D eigenvalue weighted by Gasteiger charge is -1.99. The van der Waals surface area contributed by atoms with Gasteiger partial charge >= 0.3 is 0 Å². The Morgan fingerprint density at radius 2 is 2.30 bits per heavy atom. The summed E-state index contributed by atoms with van der Waals surface area (Å²) in [6, 6.07) is 0. The van der Waals surface area contributed by atoms with Crippen LogP contribution in [0.5, 0.6) is 0 Å². The van der Waals surface area contributed by atoms with Crippen molar-refractivity contribution in [3.05, 3.63) is 11.6 Å². The van der Waals surface area contributed by atoms with E-state index in [2.05, 4.69) is 19.9 Å². The van der Waals surface area contributed by atoms with Gasteiger partial charge < -0.3 is 0 Å². The largest absolute Gasteiger partial charge is 0.300 e. The second-order valence-corrected chi connectivity index (χ2v) is 3.29. The van der Waals surface area contributed by atoms with Crippen LogP contribution in [-0.4, -0.2) is 5.78 Å². The van der Waals surface area contributed by atoms with Crippen LogP contribution in [0.15, 0.2) is 11.6 Å². The van der Waals surface area contributed by atoms with Crippen molar-refractivity contribution in [2.24, 2.45) is 5.92 Å². The van der Waals surface area contributed by atoms with Crippen LogP contribution < -0.4 is 0 Å². The van der Waals surface area contributed by atoms with Crippen molar-refractivity contribution < 1.29 is 4.79 Å². The van der Waals surface area contributed by atoms with Gasteiger partial charge in [-0.25, -0.2) is 0 Å². The van der Waals surface area contributed by atoms with Gasteiger partial charge in [-0.1, -0.05) is 11.6 Å². The van der Waals surface area contributed by atoms with E-state index in [1.807, 2.05) is 0 Å². The Kier molecular flexibility index (Phi) is 2.25. The van der Waals surface area contributed by atoms with Gasteiger partial charge in [0.05, 0.1) is 0 Å². The summed E-state index contributed by atoms with van der Waals surface area (Å²) in [7, 11) is 0. The van der Waals surface area contributed by atoms with Gasteiger partial charge in [0.2, 0.25) is 0 Å². The Bertz CT molecular complexity index is 164. The number of hydrogen-bond donors (Lipinski definition) is 0. The van der Waals surface area contributed by atoms with Crippen molar-refractivity contribution >= 4 is 5.78 Å². The maximum absolute atomic E-state index is 10.8. The molecule has 1 fully saturated rings. The molecule has 0 saturated heterocycles. The van der Waals surface area contributed by atoms with Gasteiger partial charge in [-0.2, -0.15) is 0 Å². The fourth-order valence-electron chi connectivity index (χ4n) is 1.46. The predicted octanol–water partition coefficient (Wildman–Crippen LogP) is 2.32. The Morgan fingerprint density at radius 1 is 1.60 bits per heavy atom. The number of carbonyl (C=O) groups is 1. The number of Topliss-reactive ketones (excluding diaryl/α,β-unsaturated/α-hetero) is 1. The minimum atomic E-state index is 0.433. The zero-order valence-corrected chi connectivity index (χ0v) is 6.68. The van der Waals surface area contributed by atoms with Crippen molar-refractivity contribution in [1.82, 2.24) is 0 Å². The highest BCUT2D eigenvalue weighted by Crippen LogP contribution is 2.23. The van der Waals surface area contributed by atoms with E-state index < -0.39 is 0 Å². The minimum absolute atomic E-state index is 0.433. The van der Waals surface area contributed by atoms with Crippen LogP contribution in [-0.2, 0) is 4.79 Å². The van der Waals surface area contributed by atoms with Crippen LogP contribution >= 0.6 is 0 Å². The van der Waals surface area contributed by atoms with Crippen molar-refractivity contribution in [3.8, 4) is 0 Å². The maximum Gasteiger partial charge on any atom is 0.133 e. The molecule has 56 valence electrons. The lowest BCUT2D eigenvalue weighted by molar-refractivity contribution is -0.117. The molecular weight excluding hydrogens is 124 g/mol. The Hall–Kier alpha value is -0.590. The van der Waals surface area contributed by atoms with Gasteiger partial charge in [-0.05, 0) is 26.2 Å². The quantitative estimate of drug-likeness (QED) is 0.508. The van der Waals surface area contributed by atoms with E-state index in [4.69, 9.17) is 0 Å². The number of hydrogen-bond acceptors (Lipinski definition) is 1. The Labute approximate surface area is 62.1 Å². The van der Waals surface area contributed by atoms with Crippen molar-refractivity contribution in [2.45, 2.75) is 33.1 Å². The molecule has 0 spiro atoms. The molecule has 1 rings (SSSR count). The third-order valence-electron chi connectivity index (χ3n) is 1.85. The lowest BCUT2D eigenvalue weighted by atomic mass is 10.1. The highest BCUT2D eigenvalue weighted by molar-refractivity contribution is 5.80. The lowest BCUT2D eigenvalue weighted by Crippen LogP contribution is -1.90. The monoisotopic (exact) mass is 138 g/mol. The zero-order valence-electron chi connectivity index (χ0n) is 6.68. The van der Waals surface area contributed by atoms with Gasteiger partial charge in [0.15, 0.2) is 0 Å². The van der Waals surface area contributed by atoms with Crippen LogP contribution in [0.4, 0.5) is 0 Å². The smallest absolute Gasteiger partial charge is 0.133 e. The molecule has 1 atom stereocenters. The molecule has 0 heterocycles. The summed E-state index contributed by atoms with van der Waals surface area (Å²) in [5, 5.41) is 0. The second kappa shape index (κ2) is 3.00. The van der Waals surface area contributed by atoms with Gasteiger partial charge in [0, 0.05) is 12.8 Å². The Balaban J connectivity index is 2.46. The summed E-state index contributed by atoms with van der Waals surface area (Å²) >= 11 is 0. The maximum atomic E-state index is 10.8. The van der Waals surface area contributed by atoms with E-state index in [0.717, 1.165) is 19.3 Å². The van der Waals surface area contributed by atoms with Gasteiger partial charge in [-0.15, -0.1) is 0 Å². The summed E-state index contributed by atoms with van der Waals surface area (Å²) in [6.45, 7) is 4.17. The molecule has 0 bridgehead atoms. The number of carbonyl (C=O) groups excluding carboxylic acids is 1. The molecule has 1 aliphatic rings. The molecule has 1 heteroatoms. The van der Waals surface area contributed by atoms with E-state index in [1.54, 1.807) is 0 Å². The molecule has 0 unspecified atom stereocenters. The summed E-state index contributed by atoms with van der Waals surface area (Å²) < 4.78 is 0. The molecule has 1 nitrogen and oxygen atoms in total. The van der Waals surface area contributed by atoms with Crippen molar-refractivity contribution in [3.63, 3.8) is 0 Å². The normalized spacial score (nSPS) is 25.0. The summed E-state index contributed by atoms with van der Waals surface area (Å²) in [4.78, 5) is 10.8. The molecule has 0 N–H and O–H groups in total. The van der Waals surface area contributed by atoms with E-state index in [-0.39, 0.29) is 0 Å². The first-order valence-electron chi connectivity index (χ1n) is 3.85. The average Bonchev–Trinajstić information content (AvgIpc) is 2.13. The molecular formula is C9H14O. The Morgan fingerprint density at radius 3 is 2.70 bits per heavy atom. The highest BCUT2D eigenvalue weighted by atomic mass is 16.1. The van der Waals surface area contributed by atoms with Crippen LogP contribution in [0.2, 0.25) is 0 Å². The molecule has 1 aliphatic carbocycles. The standard InChI is InChI=1S/C9H14O/c1-7(2)5-8-3-4-9(10)6-8/h5,8H,3-4,6H2,1-2H3/t8-/m0/s1. The third kappa shape index (κ3) is 1.98. The molecule has 0 aromatic carbocycles. The summed E-state index contributed by atoms with van der Waals surface area (Å²) in [5.41, 5.74) is 1.33. The fourth-order valence-corrected chi connectivity index (χ4v) is 1.46. The third-order valence-corrected chi connectivity index (χ3v) is 1.85. The molecule has 0 amide bonds. The van der Waals surface area contributed by atoms with Crippen LogP contribution in [0, 0.1) is 5.92 Å². The number of ketones is 1. The van der Waals surface area contributed by atoms with E-state index in [1.165, 1.54) is 5.57 Å². The predicted molar refractivity (Wildman–Crippen MR) is 41.8 cm³/mol. The average molecular weight is 138 g/mol. The molecule has 0 aliphatic heterocycles. The molecule has 0 aromatic heterocycles. The van der Waals surface area contributed by atoms with Gasteiger partial charge in [-0.3, -0.25) is 4.79 Å². The van der Waals surface area contributed by atoms with Gasteiger partial charge in [0.1, 0.15) is 5.78 Å². The van der Waals surface area contributed by atoms with E-state index >= 15 is 0 Å². The summed E-state index contributed by atoms with van der Waals surface area (Å²) in [5.74, 6) is 0.986.